The van der Waals surface area contributed by atoms with Crippen molar-refractivity contribution in [3.05, 3.63) is 43.4 Å². The zero-order valence-electron chi connectivity index (χ0n) is 9.90. The molecule has 2 heterocycles. The Kier molecular flexibility index (Phi) is 5.03. The summed E-state index contributed by atoms with van der Waals surface area (Å²) in [5.74, 6) is 0.891. The SMILES string of the molecule is CN(Cc1cc(Br)cs1)C(CN)c1ccc(Br)o1. The first-order valence-corrected chi connectivity index (χ1v) is 7.95. The Morgan fingerprint density at radius 3 is 2.72 bits per heavy atom. The molecule has 1 atom stereocenters. The molecular formula is C12H14Br2N2OS. The summed E-state index contributed by atoms with van der Waals surface area (Å²) in [6.07, 6.45) is 0. The van der Waals surface area contributed by atoms with E-state index in [1.54, 1.807) is 11.3 Å². The molecule has 0 spiro atoms. The lowest BCUT2D eigenvalue weighted by Crippen LogP contribution is -2.29. The smallest absolute Gasteiger partial charge is 0.169 e. The first-order valence-electron chi connectivity index (χ1n) is 5.48. The molecule has 0 fully saturated rings. The maximum Gasteiger partial charge on any atom is 0.169 e. The molecule has 0 aliphatic heterocycles. The Labute approximate surface area is 127 Å². The van der Waals surface area contributed by atoms with Crippen LogP contribution in [-0.2, 0) is 6.54 Å². The fourth-order valence-corrected chi connectivity index (χ4v) is 3.65. The molecule has 0 radical (unpaired) electrons. The van der Waals surface area contributed by atoms with Crippen LogP contribution < -0.4 is 5.73 Å². The van der Waals surface area contributed by atoms with Crippen molar-refractivity contribution in [2.45, 2.75) is 12.6 Å². The lowest BCUT2D eigenvalue weighted by molar-refractivity contribution is 0.213. The van der Waals surface area contributed by atoms with E-state index in [4.69, 9.17) is 10.2 Å². The standard InChI is InChI=1S/C12H14Br2N2OS/c1-16(6-9-4-8(13)7-18-9)10(5-15)11-2-3-12(14)17-11/h2-4,7,10H,5-6,15H2,1H3. The second kappa shape index (κ2) is 6.34. The van der Waals surface area contributed by atoms with Gasteiger partial charge in [0.2, 0.25) is 0 Å². The van der Waals surface area contributed by atoms with Gasteiger partial charge in [0.25, 0.3) is 0 Å². The Morgan fingerprint density at radius 2 is 2.22 bits per heavy atom. The van der Waals surface area contributed by atoms with E-state index in [2.05, 4.69) is 55.3 Å². The molecule has 1 unspecified atom stereocenters. The number of rotatable bonds is 5. The predicted molar refractivity (Wildman–Crippen MR) is 81.7 cm³/mol. The van der Waals surface area contributed by atoms with Gasteiger partial charge in [0.15, 0.2) is 4.67 Å². The first kappa shape index (κ1) is 14.3. The molecule has 2 aromatic heterocycles. The number of likely N-dealkylation sites (N-methyl/N-ethyl adjacent to an activating group) is 1. The van der Waals surface area contributed by atoms with Gasteiger partial charge in [0, 0.05) is 27.8 Å². The van der Waals surface area contributed by atoms with Gasteiger partial charge in [-0.15, -0.1) is 11.3 Å². The van der Waals surface area contributed by atoms with Gasteiger partial charge in [-0.25, -0.2) is 0 Å². The second-order valence-corrected chi connectivity index (χ2v) is 6.73. The number of furan rings is 1. The normalized spacial score (nSPS) is 13.2. The zero-order valence-corrected chi connectivity index (χ0v) is 13.9. The summed E-state index contributed by atoms with van der Waals surface area (Å²) in [6.45, 7) is 1.39. The van der Waals surface area contributed by atoms with Crippen molar-refractivity contribution in [1.82, 2.24) is 4.90 Å². The fraction of sp³-hybridized carbons (Fsp3) is 0.333. The summed E-state index contributed by atoms with van der Waals surface area (Å²) in [7, 11) is 2.06. The van der Waals surface area contributed by atoms with Crippen LogP contribution in [0, 0.1) is 0 Å². The number of thiophene rings is 1. The minimum atomic E-state index is 0.0946. The minimum Gasteiger partial charge on any atom is -0.453 e. The maximum absolute atomic E-state index is 5.85. The minimum absolute atomic E-state index is 0.0946. The quantitative estimate of drug-likeness (QED) is 0.834. The molecule has 2 rings (SSSR count). The van der Waals surface area contributed by atoms with Crippen molar-refractivity contribution in [2.24, 2.45) is 5.73 Å². The van der Waals surface area contributed by atoms with E-state index < -0.39 is 0 Å². The lowest BCUT2D eigenvalue weighted by Gasteiger charge is -2.24. The van der Waals surface area contributed by atoms with Gasteiger partial charge in [0.05, 0.1) is 6.04 Å². The molecule has 0 saturated heterocycles. The van der Waals surface area contributed by atoms with E-state index in [1.807, 2.05) is 12.1 Å². The zero-order chi connectivity index (χ0) is 13.1. The summed E-state index contributed by atoms with van der Waals surface area (Å²) in [5, 5.41) is 2.09. The van der Waals surface area contributed by atoms with Gasteiger partial charge in [-0.2, -0.15) is 0 Å². The van der Waals surface area contributed by atoms with Crippen molar-refractivity contribution in [2.75, 3.05) is 13.6 Å². The highest BCUT2D eigenvalue weighted by Gasteiger charge is 2.19. The van der Waals surface area contributed by atoms with Gasteiger partial charge < -0.3 is 10.2 Å². The predicted octanol–water partition coefficient (Wildman–Crippen LogP) is 4.00. The van der Waals surface area contributed by atoms with Crippen LogP contribution in [0.1, 0.15) is 16.7 Å². The van der Waals surface area contributed by atoms with Crippen LogP contribution in [0.15, 0.2) is 37.1 Å². The van der Waals surface area contributed by atoms with E-state index in [1.165, 1.54) is 4.88 Å². The highest BCUT2D eigenvalue weighted by Crippen LogP contribution is 2.27. The van der Waals surface area contributed by atoms with E-state index >= 15 is 0 Å². The fourth-order valence-electron chi connectivity index (χ4n) is 1.81. The van der Waals surface area contributed by atoms with E-state index in [0.717, 1.165) is 21.4 Å². The summed E-state index contributed by atoms with van der Waals surface area (Å²) < 4.78 is 7.45. The monoisotopic (exact) mass is 392 g/mol. The second-order valence-electron chi connectivity index (χ2n) is 4.04. The maximum atomic E-state index is 5.85. The van der Waals surface area contributed by atoms with Crippen LogP contribution in [0.25, 0.3) is 0 Å². The van der Waals surface area contributed by atoms with Crippen LogP contribution in [0.2, 0.25) is 0 Å². The third-order valence-electron chi connectivity index (χ3n) is 2.70. The third kappa shape index (κ3) is 3.45. The van der Waals surface area contributed by atoms with Crippen LogP contribution >= 0.6 is 43.2 Å². The number of nitrogens with two attached hydrogens (primary N) is 1. The largest absolute Gasteiger partial charge is 0.453 e. The van der Waals surface area contributed by atoms with Crippen molar-refractivity contribution < 1.29 is 4.42 Å². The molecule has 0 bridgehead atoms. The Balaban J connectivity index is 2.08. The van der Waals surface area contributed by atoms with Crippen molar-refractivity contribution in [3.63, 3.8) is 0 Å². The molecule has 0 saturated carbocycles. The molecular weight excluding hydrogens is 380 g/mol. The van der Waals surface area contributed by atoms with Crippen molar-refractivity contribution >= 4 is 43.2 Å². The van der Waals surface area contributed by atoms with Crippen LogP contribution in [0.4, 0.5) is 0 Å². The van der Waals surface area contributed by atoms with Gasteiger partial charge in [-0.3, -0.25) is 4.90 Å². The van der Waals surface area contributed by atoms with Gasteiger partial charge >= 0.3 is 0 Å². The van der Waals surface area contributed by atoms with E-state index in [-0.39, 0.29) is 6.04 Å². The Bertz CT molecular complexity index is 512. The number of hydrogen-bond acceptors (Lipinski definition) is 4. The summed E-state index contributed by atoms with van der Waals surface area (Å²) in [5.41, 5.74) is 5.85. The summed E-state index contributed by atoms with van der Waals surface area (Å²) in [4.78, 5) is 3.50. The first-order chi connectivity index (χ1) is 8.60. The molecule has 98 valence electrons. The van der Waals surface area contributed by atoms with Gasteiger partial charge in [-0.05, 0) is 57.1 Å². The van der Waals surface area contributed by atoms with Crippen LogP contribution in [0.5, 0.6) is 0 Å². The molecule has 0 aliphatic carbocycles. The van der Waals surface area contributed by atoms with Gasteiger partial charge in [0.1, 0.15) is 5.76 Å². The lowest BCUT2D eigenvalue weighted by atomic mass is 10.2. The van der Waals surface area contributed by atoms with Crippen LogP contribution in [-0.4, -0.2) is 18.5 Å². The average Bonchev–Trinajstić information content (AvgIpc) is 2.89. The summed E-state index contributed by atoms with van der Waals surface area (Å²) in [6, 6.07) is 6.08. The summed E-state index contributed by atoms with van der Waals surface area (Å²) >= 11 is 8.52. The molecule has 2 N–H and O–H groups in total. The molecule has 18 heavy (non-hydrogen) atoms. The third-order valence-corrected chi connectivity index (χ3v) is 4.81. The molecule has 0 aliphatic rings. The molecule has 3 nitrogen and oxygen atoms in total. The van der Waals surface area contributed by atoms with Crippen molar-refractivity contribution in [1.29, 1.82) is 0 Å². The molecule has 6 heteroatoms. The number of nitrogens with zero attached hydrogens (tertiary/aromatic N) is 1. The van der Waals surface area contributed by atoms with E-state index in [9.17, 15) is 0 Å². The average molecular weight is 394 g/mol. The number of hydrogen-bond donors (Lipinski definition) is 1. The van der Waals surface area contributed by atoms with Crippen molar-refractivity contribution in [3.8, 4) is 0 Å². The molecule has 2 aromatic rings. The highest BCUT2D eigenvalue weighted by molar-refractivity contribution is 9.10. The van der Waals surface area contributed by atoms with Gasteiger partial charge in [-0.1, -0.05) is 0 Å². The number of halogens is 2. The highest BCUT2D eigenvalue weighted by atomic mass is 79.9. The van der Waals surface area contributed by atoms with E-state index in [0.29, 0.717) is 6.54 Å². The van der Waals surface area contributed by atoms with Crippen LogP contribution in [0.3, 0.4) is 0 Å². The molecule has 0 amide bonds. The molecule has 0 aromatic carbocycles. The Morgan fingerprint density at radius 1 is 1.44 bits per heavy atom. The Hall–Kier alpha value is -0.140. The topological polar surface area (TPSA) is 42.4 Å².